The van der Waals surface area contributed by atoms with Gasteiger partial charge in [-0.25, -0.2) is 0 Å². The molecule has 110 valence electrons. The second-order valence-electron chi connectivity index (χ2n) is 4.87. The molecule has 0 unspecified atom stereocenters. The summed E-state index contributed by atoms with van der Waals surface area (Å²) < 4.78 is 4.76. The number of piperidine rings is 1. The Bertz CT molecular complexity index is 289. The van der Waals surface area contributed by atoms with E-state index < -0.39 is 0 Å². The molecule has 2 N–H and O–H groups in total. The fourth-order valence-corrected chi connectivity index (χ4v) is 2.31. The first-order valence-electron chi connectivity index (χ1n) is 6.89. The Hall–Kier alpha value is -1.14. The van der Waals surface area contributed by atoms with Gasteiger partial charge in [0.15, 0.2) is 0 Å². The highest BCUT2D eigenvalue weighted by atomic mass is 16.5. The number of ether oxygens (including phenoxy) is 1. The zero-order chi connectivity index (χ0) is 14.1. The average Bonchev–Trinajstić information content (AvgIpc) is 2.44. The molecule has 0 aliphatic carbocycles. The predicted molar refractivity (Wildman–Crippen MR) is 72.7 cm³/mol. The molecule has 6 nitrogen and oxygen atoms in total. The number of esters is 1. The van der Waals surface area contributed by atoms with Crippen molar-refractivity contribution in [2.24, 2.45) is 5.92 Å². The quantitative estimate of drug-likeness (QED) is 0.487. The minimum atomic E-state index is -0.0843. The Kier molecular flexibility index (Phi) is 7.43. The summed E-state index contributed by atoms with van der Waals surface area (Å²) in [7, 11) is 3.20. The van der Waals surface area contributed by atoms with Gasteiger partial charge >= 0.3 is 5.97 Å². The van der Waals surface area contributed by atoms with Crippen molar-refractivity contribution in [1.29, 1.82) is 0 Å². The maximum Gasteiger partial charge on any atom is 0.308 e. The molecular weight excluding hydrogens is 246 g/mol. The molecule has 1 saturated heterocycles. The Morgan fingerprint density at radius 2 is 2.00 bits per heavy atom. The zero-order valence-corrected chi connectivity index (χ0v) is 11.9. The normalized spacial score (nSPS) is 17.2. The van der Waals surface area contributed by atoms with E-state index >= 15 is 0 Å². The molecule has 1 amide bonds. The number of likely N-dealkylation sites (N-methyl/N-ethyl adjacent to an activating group) is 1. The summed E-state index contributed by atoms with van der Waals surface area (Å²) in [6.45, 7) is 3.91. The van der Waals surface area contributed by atoms with Gasteiger partial charge in [-0.15, -0.1) is 0 Å². The molecule has 0 aromatic rings. The van der Waals surface area contributed by atoms with Gasteiger partial charge in [-0.05, 0) is 45.9 Å². The SMILES string of the molecule is CNCC(=O)NCCCN1CCC(C(=O)OC)CC1. The number of carbonyl (C=O) groups excluding carboxylic acids is 2. The smallest absolute Gasteiger partial charge is 0.308 e. The van der Waals surface area contributed by atoms with E-state index in [0.29, 0.717) is 13.1 Å². The summed E-state index contributed by atoms with van der Waals surface area (Å²) in [5.74, 6) is 0.0162. The third-order valence-electron chi connectivity index (χ3n) is 3.43. The van der Waals surface area contributed by atoms with Crippen LogP contribution in [0.2, 0.25) is 0 Å². The topological polar surface area (TPSA) is 70.7 Å². The van der Waals surface area contributed by atoms with Crippen LogP contribution in [0.4, 0.5) is 0 Å². The predicted octanol–water partition coefficient (Wildman–Crippen LogP) is -0.403. The zero-order valence-electron chi connectivity index (χ0n) is 11.9. The van der Waals surface area contributed by atoms with Gasteiger partial charge in [-0.2, -0.15) is 0 Å². The first kappa shape index (κ1) is 15.9. The molecule has 6 heteroatoms. The van der Waals surface area contributed by atoms with E-state index in [9.17, 15) is 9.59 Å². The lowest BCUT2D eigenvalue weighted by molar-refractivity contribution is -0.147. The Morgan fingerprint density at radius 3 is 2.58 bits per heavy atom. The lowest BCUT2D eigenvalue weighted by Gasteiger charge is -2.30. The number of likely N-dealkylation sites (tertiary alicyclic amines) is 1. The van der Waals surface area contributed by atoms with Crippen molar-refractivity contribution >= 4 is 11.9 Å². The van der Waals surface area contributed by atoms with E-state index in [1.54, 1.807) is 7.05 Å². The van der Waals surface area contributed by atoms with Crippen molar-refractivity contribution in [2.75, 3.05) is 46.9 Å². The van der Waals surface area contributed by atoms with E-state index in [1.165, 1.54) is 7.11 Å². The van der Waals surface area contributed by atoms with Crippen LogP contribution in [0.3, 0.4) is 0 Å². The van der Waals surface area contributed by atoms with Crippen LogP contribution in [0.1, 0.15) is 19.3 Å². The first-order chi connectivity index (χ1) is 9.17. The lowest BCUT2D eigenvalue weighted by atomic mass is 9.97. The molecule has 1 aliphatic rings. The molecule has 19 heavy (non-hydrogen) atoms. The summed E-state index contributed by atoms with van der Waals surface area (Å²) in [6.07, 6.45) is 2.69. The van der Waals surface area contributed by atoms with E-state index in [0.717, 1.165) is 38.9 Å². The van der Waals surface area contributed by atoms with E-state index in [-0.39, 0.29) is 17.8 Å². The van der Waals surface area contributed by atoms with Gasteiger partial charge < -0.3 is 20.3 Å². The molecule has 1 aliphatic heterocycles. The van der Waals surface area contributed by atoms with Crippen molar-refractivity contribution in [3.63, 3.8) is 0 Å². The number of amides is 1. The number of nitrogens with one attached hydrogen (secondary N) is 2. The van der Waals surface area contributed by atoms with Crippen LogP contribution < -0.4 is 10.6 Å². The van der Waals surface area contributed by atoms with Crippen molar-refractivity contribution in [1.82, 2.24) is 15.5 Å². The molecule has 0 aromatic carbocycles. The number of nitrogens with zero attached hydrogens (tertiary/aromatic N) is 1. The minimum absolute atomic E-state index is 0.0342. The number of rotatable bonds is 7. The fourth-order valence-electron chi connectivity index (χ4n) is 2.31. The van der Waals surface area contributed by atoms with Crippen LogP contribution in [-0.2, 0) is 14.3 Å². The average molecular weight is 271 g/mol. The van der Waals surface area contributed by atoms with Gasteiger partial charge in [0, 0.05) is 6.54 Å². The molecule has 0 bridgehead atoms. The van der Waals surface area contributed by atoms with Crippen LogP contribution in [0.25, 0.3) is 0 Å². The molecule has 1 heterocycles. The Balaban J connectivity index is 2.06. The van der Waals surface area contributed by atoms with Crippen molar-refractivity contribution in [3.8, 4) is 0 Å². The molecule has 1 fully saturated rings. The summed E-state index contributed by atoms with van der Waals surface area (Å²) in [4.78, 5) is 24.9. The van der Waals surface area contributed by atoms with Gasteiger partial charge in [0.2, 0.25) is 5.91 Å². The molecular formula is C13H25N3O3. The van der Waals surface area contributed by atoms with E-state index in [4.69, 9.17) is 4.74 Å². The van der Waals surface area contributed by atoms with Gasteiger partial charge in [0.1, 0.15) is 0 Å². The third kappa shape index (κ3) is 6.02. The molecule has 0 atom stereocenters. The Morgan fingerprint density at radius 1 is 1.32 bits per heavy atom. The lowest BCUT2D eigenvalue weighted by Crippen LogP contribution is -2.39. The second-order valence-corrected chi connectivity index (χ2v) is 4.87. The number of hydrogen-bond acceptors (Lipinski definition) is 5. The first-order valence-corrected chi connectivity index (χ1v) is 6.89. The van der Waals surface area contributed by atoms with Crippen LogP contribution in [0, 0.1) is 5.92 Å². The largest absolute Gasteiger partial charge is 0.469 e. The van der Waals surface area contributed by atoms with Crippen LogP contribution in [0.5, 0.6) is 0 Å². The Labute approximate surface area is 114 Å². The van der Waals surface area contributed by atoms with Crippen LogP contribution >= 0.6 is 0 Å². The molecule has 0 spiro atoms. The van der Waals surface area contributed by atoms with Crippen molar-refractivity contribution in [2.45, 2.75) is 19.3 Å². The van der Waals surface area contributed by atoms with Crippen LogP contribution in [-0.4, -0.2) is 63.7 Å². The summed E-state index contributed by atoms with van der Waals surface area (Å²) in [6, 6.07) is 0. The summed E-state index contributed by atoms with van der Waals surface area (Å²) in [5.41, 5.74) is 0. The maximum absolute atomic E-state index is 11.4. The maximum atomic E-state index is 11.4. The molecule has 0 saturated carbocycles. The minimum Gasteiger partial charge on any atom is -0.469 e. The standard InChI is InChI=1S/C13H25N3O3/c1-14-10-12(17)15-6-3-7-16-8-4-11(5-9-16)13(18)19-2/h11,14H,3-10H2,1-2H3,(H,15,17). The highest BCUT2D eigenvalue weighted by Crippen LogP contribution is 2.18. The van der Waals surface area contributed by atoms with Gasteiger partial charge in [-0.3, -0.25) is 9.59 Å². The van der Waals surface area contributed by atoms with Crippen molar-refractivity contribution < 1.29 is 14.3 Å². The third-order valence-corrected chi connectivity index (χ3v) is 3.43. The summed E-state index contributed by atoms with van der Waals surface area (Å²) >= 11 is 0. The molecule has 1 rings (SSSR count). The number of carbonyl (C=O) groups is 2. The highest BCUT2D eigenvalue weighted by Gasteiger charge is 2.24. The second kappa shape index (κ2) is 8.87. The van der Waals surface area contributed by atoms with E-state index in [1.807, 2.05) is 0 Å². The molecule has 0 aromatic heterocycles. The number of hydrogen-bond donors (Lipinski definition) is 2. The van der Waals surface area contributed by atoms with E-state index in [2.05, 4.69) is 15.5 Å². The monoisotopic (exact) mass is 271 g/mol. The van der Waals surface area contributed by atoms with Crippen LogP contribution in [0.15, 0.2) is 0 Å². The van der Waals surface area contributed by atoms with Gasteiger partial charge in [-0.1, -0.05) is 0 Å². The molecule has 0 radical (unpaired) electrons. The summed E-state index contributed by atoms with van der Waals surface area (Å²) in [5, 5.41) is 5.67. The highest BCUT2D eigenvalue weighted by molar-refractivity contribution is 5.77. The fraction of sp³-hybridized carbons (Fsp3) is 0.846. The van der Waals surface area contributed by atoms with Crippen molar-refractivity contribution in [3.05, 3.63) is 0 Å². The van der Waals surface area contributed by atoms with Gasteiger partial charge in [0.05, 0.1) is 19.6 Å². The van der Waals surface area contributed by atoms with Gasteiger partial charge in [0.25, 0.3) is 0 Å². The number of methoxy groups -OCH3 is 1.